The summed E-state index contributed by atoms with van der Waals surface area (Å²) in [5.41, 5.74) is 6.22. The molecule has 1 aromatic carbocycles. The number of halogens is 3. The van der Waals surface area contributed by atoms with Crippen LogP contribution in [0.15, 0.2) is 33.2 Å². The van der Waals surface area contributed by atoms with Gasteiger partial charge in [-0.2, -0.15) is 0 Å². The Labute approximate surface area is 138 Å². The molecule has 0 spiro atoms. The first kappa shape index (κ1) is 15.4. The summed E-state index contributed by atoms with van der Waals surface area (Å²) in [5, 5.41) is 0.517. The van der Waals surface area contributed by atoms with Crippen molar-refractivity contribution >= 4 is 49.3 Å². The molecule has 0 unspecified atom stereocenters. The Morgan fingerprint density at radius 2 is 1.85 bits per heavy atom. The van der Waals surface area contributed by atoms with Gasteiger partial charge < -0.3 is 15.2 Å². The Morgan fingerprint density at radius 1 is 1.20 bits per heavy atom. The van der Waals surface area contributed by atoms with Gasteiger partial charge in [0.1, 0.15) is 23.9 Å². The first-order chi connectivity index (χ1) is 9.51. The topological polar surface area (TPSA) is 57.4 Å². The number of nitrogen functional groups attached to an aromatic ring is 1. The first-order valence-corrected chi connectivity index (χ1v) is 7.54. The van der Waals surface area contributed by atoms with Crippen molar-refractivity contribution in [3.05, 3.63) is 43.9 Å². The van der Waals surface area contributed by atoms with Crippen molar-refractivity contribution in [2.24, 2.45) is 0 Å². The van der Waals surface area contributed by atoms with Crippen LogP contribution in [0.25, 0.3) is 0 Å². The smallest absolute Gasteiger partial charge is 0.135 e. The maximum atomic E-state index is 6.04. The van der Waals surface area contributed by atoms with Crippen molar-refractivity contribution in [3.8, 4) is 11.5 Å². The van der Waals surface area contributed by atoms with E-state index >= 15 is 0 Å². The second-order valence-electron chi connectivity index (χ2n) is 3.87. The summed E-state index contributed by atoms with van der Waals surface area (Å²) in [4.78, 5) is 4.14. The molecule has 1 aromatic heterocycles. The zero-order valence-corrected chi connectivity index (χ0v) is 14.4. The van der Waals surface area contributed by atoms with E-state index in [0.717, 1.165) is 8.95 Å². The molecule has 106 valence electrons. The van der Waals surface area contributed by atoms with E-state index in [4.69, 9.17) is 26.8 Å². The molecule has 2 N–H and O–H groups in total. The van der Waals surface area contributed by atoms with Gasteiger partial charge in [-0.15, -0.1) is 0 Å². The van der Waals surface area contributed by atoms with Crippen molar-refractivity contribution in [3.63, 3.8) is 0 Å². The Kier molecular flexibility index (Phi) is 5.12. The van der Waals surface area contributed by atoms with E-state index in [9.17, 15) is 0 Å². The highest BCUT2D eigenvalue weighted by Crippen LogP contribution is 2.36. The summed E-state index contributed by atoms with van der Waals surface area (Å²) in [7, 11) is 1.60. The van der Waals surface area contributed by atoms with Crippen molar-refractivity contribution in [1.82, 2.24) is 4.98 Å². The van der Waals surface area contributed by atoms with E-state index in [2.05, 4.69) is 36.8 Å². The first-order valence-electron chi connectivity index (χ1n) is 5.58. The van der Waals surface area contributed by atoms with Crippen LogP contribution in [-0.2, 0) is 6.61 Å². The minimum Gasteiger partial charge on any atom is -0.496 e. The second-order valence-corrected chi connectivity index (χ2v) is 5.99. The maximum absolute atomic E-state index is 6.04. The molecule has 0 fully saturated rings. The molecule has 0 amide bonds. The highest BCUT2D eigenvalue weighted by Gasteiger charge is 2.10. The minimum absolute atomic E-state index is 0.223. The number of aromatic nitrogens is 1. The number of nitrogens with zero attached hydrogens (tertiary/aromatic N) is 1. The number of nitrogens with two attached hydrogens (primary N) is 1. The molecule has 0 aliphatic carbocycles. The monoisotopic (exact) mass is 420 g/mol. The normalized spacial score (nSPS) is 10.4. The molecule has 1 heterocycles. The Bertz CT molecular complexity index is 638. The Morgan fingerprint density at radius 3 is 2.55 bits per heavy atom. The van der Waals surface area contributed by atoms with E-state index in [1.165, 1.54) is 0 Å². The molecule has 0 saturated heterocycles. The quantitative estimate of drug-likeness (QED) is 0.792. The van der Waals surface area contributed by atoms with Crippen LogP contribution in [0, 0.1) is 0 Å². The molecule has 7 heteroatoms. The van der Waals surface area contributed by atoms with Crippen LogP contribution >= 0.6 is 43.5 Å². The molecule has 0 aliphatic rings. The summed E-state index contributed by atoms with van der Waals surface area (Å²) >= 11 is 12.9. The third kappa shape index (κ3) is 3.56. The number of benzene rings is 1. The number of anilines is 1. The number of rotatable bonds is 4. The van der Waals surface area contributed by atoms with Crippen LogP contribution in [0.5, 0.6) is 11.5 Å². The van der Waals surface area contributed by atoms with Gasteiger partial charge in [0, 0.05) is 0 Å². The number of methoxy groups -OCH3 is 1. The van der Waals surface area contributed by atoms with E-state index < -0.39 is 0 Å². The fraction of sp³-hybridized carbons (Fsp3) is 0.154. The average molecular weight is 423 g/mol. The molecule has 2 rings (SSSR count). The molecule has 20 heavy (non-hydrogen) atoms. The number of ether oxygens (including phenoxy) is 2. The maximum Gasteiger partial charge on any atom is 0.135 e. The molecule has 0 atom stereocenters. The minimum atomic E-state index is 0.223. The lowest BCUT2D eigenvalue weighted by atomic mass is 10.3. The summed E-state index contributed by atoms with van der Waals surface area (Å²) < 4.78 is 12.5. The van der Waals surface area contributed by atoms with Gasteiger partial charge in [-0.05, 0) is 56.1 Å². The standard InChI is InChI=1S/C13H11Br2ClN2O2/c1-19-11-4-8(15)12(5-7(11)14)20-6-10-9(16)2-3-13(17)18-10/h2-5H,6H2,1H3,(H2,17,18). The number of pyridine rings is 1. The highest BCUT2D eigenvalue weighted by atomic mass is 79.9. The molecule has 0 bridgehead atoms. The lowest BCUT2D eigenvalue weighted by Gasteiger charge is -2.11. The van der Waals surface area contributed by atoms with E-state index in [0.29, 0.717) is 28.0 Å². The second kappa shape index (κ2) is 6.65. The van der Waals surface area contributed by atoms with Gasteiger partial charge in [0.25, 0.3) is 0 Å². The lowest BCUT2D eigenvalue weighted by molar-refractivity contribution is 0.298. The van der Waals surface area contributed by atoms with E-state index in [1.54, 1.807) is 19.2 Å². The molecule has 4 nitrogen and oxygen atoms in total. The van der Waals surface area contributed by atoms with Crippen LogP contribution in [0.4, 0.5) is 5.82 Å². The van der Waals surface area contributed by atoms with E-state index in [-0.39, 0.29) is 6.61 Å². The van der Waals surface area contributed by atoms with Crippen LogP contribution in [0.3, 0.4) is 0 Å². The van der Waals surface area contributed by atoms with Gasteiger partial charge in [-0.1, -0.05) is 11.6 Å². The van der Waals surface area contributed by atoms with Gasteiger partial charge in [0.05, 0.1) is 26.8 Å². The lowest BCUT2D eigenvalue weighted by Crippen LogP contribution is -2.02. The van der Waals surface area contributed by atoms with Crippen molar-refractivity contribution < 1.29 is 9.47 Å². The zero-order valence-electron chi connectivity index (χ0n) is 10.5. The van der Waals surface area contributed by atoms with Gasteiger partial charge >= 0.3 is 0 Å². The molecule has 0 saturated carbocycles. The number of hydrogen-bond donors (Lipinski definition) is 1. The molecular weight excluding hydrogens is 411 g/mol. The van der Waals surface area contributed by atoms with Crippen LogP contribution < -0.4 is 15.2 Å². The van der Waals surface area contributed by atoms with Gasteiger partial charge in [-0.3, -0.25) is 0 Å². The van der Waals surface area contributed by atoms with Crippen molar-refractivity contribution in [1.29, 1.82) is 0 Å². The van der Waals surface area contributed by atoms with Crippen LogP contribution in [0.2, 0.25) is 5.02 Å². The van der Waals surface area contributed by atoms with Crippen molar-refractivity contribution in [2.75, 3.05) is 12.8 Å². The summed E-state index contributed by atoms with van der Waals surface area (Å²) in [6.07, 6.45) is 0. The van der Waals surface area contributed by atoms with E-state index in [1.807, 2.05) is 12.1 Å². The molecular formula is C13H11Br2ClN2O2. The zero-order chi connectivity index (χ0) is 14.7. The SMILES string of the molecule is COc1cc(Br)c(OCc2nc(N)ccc2Cl)cc1Br. The van der Waals surface area contributed by atoms with Gasteiger partial charge in [-0.25, -0.2) is 4.98 Å². The van der Waals surface area contributed by atoms with Crippen molar-refractivity contribution in [2.45, 2.75) is 6.61 Å². The van der Waals surface area contributed by atoms with Gasteiger partial charge in [0.15, 0.2) is 0 Å². The largest absolute Gasteiger partial charge is 0.496 e. The Hall–Kier alpha value is -0.980. The highest BCUT2D eigenvalue weighted by molar-refractivity contribution is 9.11. The average Bonchev–Trinajstić information content (AvgIpc) is 2.42. The fourth-order valence-electron chi connectivity index (χ4n) is 1.53. The molecule has 2 aromatic rings. The van der Waals surface area contributed by atoms with Crippen LogP contribution in [-0.4, -0.2) is 12.1 Å². The summed E-state index contributed by atoms with van der Waals surface area (Å²) in [5.74, 6) is 1.77. The number of hydrogen-bond acceptors (Lipinski definition) is 4. The third-order valence-electron chi connectivity index (χ3n) is 2.51. The van der Waals surface area contributed by atoms with Crippen LogP contribution in [0.1, 0.15) is 5.69 Å². The predicted molar refractivity (Wildman–Crippen MR) is 86.4 cm³/mol. The van der Waals surface area contributed by atoms with Gasteiger partial charge in [0.2, 0.25) is 0 Å². The molecule has 0 radical (unpaired) electrons. The summed E-state index contributed by atoms with van der Waals surface area (Å²) in [6.45, 7) is 0.223. The predicted octanol–water partition coefficient (Wildman–Crippen LogP) is 4.43. The molecule has 0 aliphatic heterocycles. The summed E-state index contributed by atoms with van der Waals surface area (Å²) in [6, 6.07) is 6.96. The Balaban J connectivity index is 2.19. The fourth-order valence-corrected chi connectivity index (χ4v) is 2.61. The third-order valence-corrected chi connectivity index (χ3v) is 4.09.